The molecule has 5 nitrogen and oxygen atoms in total. The van der Waals surface area contributed by atoms with Gasteiger partial charge in [-0.3, -0.25) is 0 Å². The SMILES string of the molecule is COC(=O)c1cnc(C)nc1N(C)CC(F)(F)F. The number of nitrogens with zero attached hydrogens (tertiary/aromatic N) is 3. The van der Waals surface area contributed by atoms with Gasteiger partial charge in [0.2, 0.25) is 0 Å². The number of methoxy groups -OCH3 is 1. The lowest BCUT2D eigenvalue weighted by molar-refractivity contribution is -0.119. The lowest BCUT2D eigenvalue weighted by Gasteiger charge is -2.21. The maximum atomic E-state index is 12.3. The molecule has 0 aromatic carbocycles. The molecular formula is C10H12F3N3O2. The van der Waals surface area contributed by atoms with Gasteiger partial charge < -0.3 is 9.64 Å². The van der Waals surface area contributed by atoms with E-state index in [4.69, 9.17) is 0 Å². The highest BCUT2D eigenvalue weighted by Gasteiger charge is 2.31. The van der Waals surface area contributed by atoms with E-state index >= 15 is 0 Å². The number of halogens is 3. The number of rotatable bonds is 3. The number of anilines is 1. The molecular weight excluding hydrogens is 251 g/mol. The summed E-state index contributed by atoms with van der Waals surface area (Å²) in [7, 11) is 2.33. The summed E-state index contributed by atoms with van der Waals surface area (Å²) in [5, 5.41) is 0. The van der Waals surface area contributed by atoms with Crippen LogP contribution < -0.4 is 4.90 Å². The second kappa shape index (κ2) is 5.19. The standard InChI is InChI=1S/C10H12F3N3O2/c1-6-14-4-7(9(17)18-3)8(15-6)16(2)5-10(11,12)13/h4H,5H2,1-3H3. The van der Waals surface area contributed by atoms with E-state index in [9.17, 15) is 18.0 Å². The van der Waals surface area contributed by atoms with Gasteiger partial charge in [0.05, 0.1) is 7.11 Å². The first-order chi connectivity index (χ1) is 8.24. The van der Waals surface area contributed by atoms with E-state index in [1.54, 1.807) is 0 Å². The van der Waals surface area contributed by atoms with E-state index in [-0.39, 0.29) is 17.2 Å². The van der Waals surface area contributed by atoms with E-state index in [0.717, 1.165) is 18.2 Å². The zero-order valence-corrected chi connectivity index (χ0v) is 10.1. The first-order valence-electron chi connectivity index (χ1n) is 4.94. The average Bonchev–Trinajstić information content (AvgIpc) is 2.25. The van der Waals surface area contributed by atoms with Crippen LogP contribution in [-0.4, -0.2) is 42.8 Å². The van der Waals surface area contributed by atoms with E-state index < -0.39 is 18.7 Å². The van der Waals surface area contributed by atoms with E-state index in [1.807, 2.05) is 0 Å². The summed E-state index contributed by atoms with van der Waals surface area (Å²) in [6.07, 6.45) is -3.24. The van der Waals surface area contributed by atoms with Crippen molar-refractivity contribution in [2.24, 2.45) is 0 Å². The fraction of sp³-hybridized carbons (Fsp3) is 0.500. The Balaban J connectivity index is 3.12. The molecule has 8 heteroatoms. The van der Waals surface area contributed by atoms with Crippen LogP contribution in [0.1, 0.15) is 16.2 Å². The van der Waals surface area contributed by atoms with Crippen LogP contribution in [0.2, 0.25) is 0 Å². The van der Waals surface area contributed by atoms with Crippen molar-refractivity contribution in [1.82, 2.24) is 9.97 Å². The van der Waals surface area contributed by atoms with Gasteiger partial charge in [-0.1, -0.05) is 0 Å². The van der Waals surface area contributed by atoms with Crippen LogP contribution >= 0.6 is 0 Å². The third kappa shape index (κ3) is 3.57. The Morgan fingerprint density at radius 3 is 2.61 bits per heavy atom. The summed E-state index contributed by atoms with van der Waals surface area (Å²) in [5.74, 6) is -0.614. The smallest absolute Gasteiger partial charge is 0.405 e. The van der Waals surface area contributed by atoms with Crippen molar-refractivity contribution in [1.29, 1.82) is 0 Å². The van der Waals surface area contributed by atoms with Gasteiger partial charge in [-0.05, 0) is 6.92 Å². The van der Waals surface area contributed by atoms with Crippen molar-refractivity contribution in [2.75, 3.05) is 25.6 Å². The first-order valence-corrected chi connectivity index (χ1v) is 4.94. The molecule has 1 rings (SSSR count). The minimum Gasteiger partial charge on any atom is -0.465 e. The number of ether oxygens (including phenoxy) is 1. The predicted octanol–water partition coefficient (Wildman–Crippen LogP) is 1.57. The summed E-state index contributed by atoms with van der Waals surface area (Å²) < 4.78 is 41.4. The minimum atomic E-state index is -4.39. The quantitative estimate of drug-likeness (QED) is 0.775. The molecule has 0 bridgehead atoms. The first kappa shape index (κ1) is 14.2. The van der Waals surface area contributed by atoms with Crippen molar-refractivity contribution >= 4 is 11.8 Å². The van der Waals surface area contributed by atoms with Crippen molar-refractivity contribution in [3.8, 4) is 0 Å². The molecule has 0 radical (unpaired) electrons. The fourth-order valence-electron chi connectivity index (χ4n) is 1.35. The Bertz CT molecular complexity index is 448. The number of carbonyl (C=O) groups is 1. The van der Waals surface area contributed by atoms with Crippen LogP contribution in [0.15, 0.2) is 6.20 Å². The van der Waals surface area contributed by atoms with Crippen molar-refractivity contribution in [2.45, 2.75) is 13.1 Å². The third-order valence-electron chi connectivity index (χ3n) is 2.07. The monoisotopic (exact) mass is 263 g/mol. The number of carbonyl (C=O) groups excluding carboxylic acids is 1. The summed E-state index contributed by atoms with van der Waals surface area (Å²) in [6, 6.07) is 0. The maximum Gasteiger partial charge on any atom is 0.405 e. The van der Waals surface area contributed by atoms with Crippen LogP contribution in [0.4, 0.5) is 19.0 Å². The second-order valence-electron chi connectivity index (χ2n) is 3.62. The van der Waals surface area contributed by atoms with Gasteiger partial charge in [-0.2, -0.15) is 13.2 Å². The van der Waals surface area contributed by atoms with Gasteiger partial charge in [0.1, 0.15) is 23.8 Å². The molecule has 18 heavy (non-hydrogen) atoms. The zero-order valence-electron chi connectivity index (χ0n) is 10.1. The Morgan fingerprint density at radius 2 is 2.11 bits per heavy atom. The van der Waals surface area contributed by atoms with Crippen LogP contribution in [0.3, 0.4) is 0 Å². The summed E-state index contributed by atoms with van der Waals surface area (Å²) in [5.41, 5.74) is -0.102. The van der Waals surface area contributed by atoms with Gasteiger partial charge in [0.25, 0.3) is 0 Å². The number of esters is 1. The average molecular weight is 263 g/mol. The third-order valence-corrected chi connectivity index (χ3v) is 2.07. The molecule has 0 unspecified atom stereocenters. The van der Waals surface area contributed by atoms with Crippen molar-refractivity contribution in [3.05, 3.63) is 17.6 Å². The molecule has 0 saturated heterocycles. The summed E-state index contributed by atoms with van der Waals surface area (Å²) in [4.78, 5) is 19.8. The molecule has 100 valence electrons. The second-order valence-corrected chi connectivity index (χ2v) is 3.62. The highest BCUT2D eigenvalue weighted by atomic mass is 19.4. The van der Waals surface area contributed by atoms with Crippen molar-refractivity contribution in [3.63, 3.8) is 0 Å². The van der Waals surface area contributed by atoms with E-state index in [1.165, 1.54) is 14.0 Å². The largest absolute Gasteiger partial charge is 0.465 e. The van der Waals surface area contributed by atoms with Gasteiger partial charge in [-0.15, -0.1) is 0 Å². The summed E-state index contributed by atoms with van der Waals surface area (Å²) >= 11 is 0. The Kier molecular flexibility index (Phi) is 4.10. The molecule has 0 saturated carbocycles. The maximum absolute atomic E-state index is 12.3. The van der Waals surface area contributed by atoms with Gasteiger partial charge >= 0.3 is 12.1 Å². The van der Waals surface area contributed by atoms with Crippen LogP contribution in [-0.2, 0) is 4.74 Å². The Morgan fingerprint density at radius 1 is 1.50 bits per heavy atom. The highest BCUT2D eigenvalue weighted by molar-refractivity contribution is 5.94. The van der Waals surface area contributed by atoms with Gasteiger partial charge in [0, 0.05) is 13.2 Å². The molecule has 1 aromatic heterocycles. The molecule has 0 amide bonds. The van der Waals surface area contributed by atoms with Crippen molar-refractivity contribution < 1.29 is 22.7 Å². The number of hydrogen-bond acceptors (Lipinski definition) is 5. The number of aromatic nitrogens is 2. The number of hydrogen-bond donors (Lipinski definition) is 0. The predicted molar refractivity (Wildman–Crippen MR) is 57.4 cm³/mol. The molecule has 0 fully saturated rings. The highest BCUT2D eigenvalue weighted by Crippen LogP contribution is 2.22. The fourth-order valence-corrected chi connectivity index (χ4v) is 1.35. The molecule has 0 aliphatic rings. The van der Waals surface area contributed by atoms with E-state index in [2.05, 4.69) is 14.7 Å². The molecule has 1 aromatic rings. The molecule has 0 atom stereocenters. The Hall–Kier alpha value is -1.86. The molecule has 1 heterocycles. The Labute approximate surface area is 102 Å². The van der Waals surface area contributed by atoms with Crippen LogP contribution in [0.5, 0.6) is 0 Å². The molecule has 0 N–H and O–H groups in total. The minimum absolute atomic E-state index is 0.102. The summed E-state index contributed by atoms with van der Waals surface area (Å²) in [6.45, 7) is 0.305. The normalized spacial score (nSPS) is 11.2. The zero-order chi connectivity index (χ0) is 13.9. The van der Waals surface area contributed by atoms with Gasteiger partial charge in [-0.25, -0.2) is 14.8 Å². The number of alkyl halides is 3. The molecule has 0 aliphatic carbocycles. The lowest BCUT2D eigenvalue weighted by atomic mass is 10.3. The lowest BCUT2D eigenvalue weighted by Crippen LogP contribution is -2.33. The molecule has 0 aliphatic heterocycles. The van der Waals surface area contributed by atoms with Crippen LogP contribution in [0.25, 0.3) is 0 Å². The van der Waals surface area contributed by atoms with Crippen LogP contribution in [0, 0.1) is 6.92 Å². The van der Waals surface area contributed by atoms with E-state index in [0.29, 0.717) is 0 Å². The van der Waals surface area contributed by atoms with Gasteiger partial charge in [0.15, 0.2) is 0 Å². The topological polar surface area (TPSA) is 55.3 Å². The number of aryl methyl sites for hydroxylation is 1. The molecule has 0 spiro atoms.